The minimum Gasteiger partial charge on any atom is -0.440 e. The summed E-state index contributed by atoms with van der Waals surface area (Å²) in [5, 5.41) is 1.97. The van der Waals surface area contributed by atoms with E-state index < -0.39 is 0 Å². The number of hydrogen-bond acceptors (Lipinski definition) is 4. The van der Waals surface area contributed by atoms with Crippen LogP contribution >= 0.6 is 11.3 Å². The van der Waals surface area contributed by atoms with Gasteiger partial charge in [0.2, 0.25) is 5.89 Å². The van der Waals surface area contributed by atoms with Crippen LogP contribution in [0, 0.1) is 6.92 Å². The lowest BCUT2D eigenvalue weighted by Crippen LogP contribution is -2.33. The van der Waals surface area contributed by atoms with E-state index in [4.69, 9.17) is 4.42 Å². The fraction of sp³-hybridized carbons (Fsp3) is 0.429. The Morgan fingerprint density at radius 3 is 2.95 bits per heavy atom. The van der Waals surface area contributed by atoms with Crippen LogP contribution in [0.2, 0.25) is 0 Å². The normalized spacial score (nSPS) is 14.6. The van der Waals surface area contributed by atoms with E-state index in [1.807, 2.05) is 29.3 Å². The molecule has 0 unspecified atom stereocenters. The van der Waals surface area contributed by atoms with Crippen LogP contribution in [0.1, 0.15) is 36.0 Å². The first-order valence-corrected chi connectivity index (χ1v) is 7.41. The summed E-state index contributed by atoms with van der Waals surface area (Å²) in [6.45, 7) is 4.54. The van der Waals surface area contributed by atoms with Gasteiger partial charge in [-0.3, -0.25) is 4.79 Å². The number of carbonyl (C=O) groups is 1. The van der Waals surface area contributed by atoms with Gasteiger partial charge in [-0.2, -0.15) is 0 Å². The Hall–Kier alpha value is -1.62. The van der Waals surface area contributed by atoms with Crippen molar-refractivity contribution in [3.63, 3.8) is 0 Å². The van der Waals surface area contributed by atoms with Crippen LogP contribution in [0.3, 0.4) is 0 Å². The molecule has 0 bridgehead atoms. The zero-order chi connectivity index (χ0) is 13.4. The number of oxazole rings is 1. The average molecular weight is 276 g/mol. The molecule has 2 aromatic rings. The van der Waals surface area contributed by atoms with Crippen molar-refractivity contribution in [3.8, 4) is 10.8 Å². The molecular weight excluding hydrogens is 260 g/mol. The molecule has 4 nitrogen and oxygen atoms in total. The number of aryl methyl sites for hydroxylation is 1. The van der Waals surface area contributed by atoms with E-state index >= 15 is 0 Å². The van der Waals surface area contributed by atoms with E-state index in [0.717, 1.165) is 24.3 Å². The minimum atomic E-state index is -0.00550. The molecule has 5 heteroatoms. The van der Waals surface area contributed by atoms with Gasteiger partial charge in [0.05, 0.1) is 4.88 Å². The van der Waals surface area contributed by atoms with E-state index in [1.54, 1.807) is 18.3 Å². The van der Waals surface area contributed by atoms with Crippen LogP contribution in [0.25, 0.3) is 10.8 Å². The van der Waals surface area contributed by atoms with Gasteiger partial charge in [0.25, 0.3) is 5.91 Å². The fourth-order valence-corrected chi connectivity index (χ4v) is 2.84. The second-order valence-electron chi connectivity index (χ2n) is 4.72. The smallest absolute Gasteiger partial charge is 0.276 e. The van der Waals surface area contributed by atoms with Crippen molar-refractivity contribution in [2.24, 2.45) is 0 Å². The molecule has 1 aliphatic rings. The summed E-state index contributed by atoms with van der Waals surface area (Å²) in [5.74, 6) is 1.14. The molecule has 1 aliphatic carbocycles. The molecule has 1 fully saturated rings. The van der Waals surface area contributed by atoms with Gasteiger partial charge >= 0.3 is 0 Å². The van der Waals surface area contributed by atoms with Crippen LogP contribution < -0.4 is 0 Å². The van der Waals surface area contributed by atoms with Gasteiger partial charge < -0.3 is 9.32 Å². The van der Waals surface area contributed by atoms with Crippen molar-refractivity contribution >= 4 is 17.2 Å². The SMILES string of the molecule is CCN(C(=O)c1nc(-c2cccs2)oc1C)C1CC1. The first-order valence-electron chi connectivity index (χ1n) is 6.53. The molecule has 0 spiro atoms. The molecule has 2 heterocycles. The zero-order valence-corrected chi connectivity index (χ0v) is 11.9. The monoisotopic (exact) mass is 276 g/mol. The van der Waals surface area contributed by atoms with Crippen molar-refractivity contribution < 1.29 is 9.21 Å². The highest BCUT2D eigenvalue weighted by Gasteiger charge is 2.34. The van der Waals surface area contributed by atoms with Crippen molar-refractivity contribution in [2.75, 3.05) is 6.54 Å². The Labute approximate surface area is 116 Å². The highest BCUT2D eigenvalue weighted by molar-refractivity contribution is 7.13. The van der Waals surface area contributed by atoms with Gasteiger partial charge in [0.1, 0.15) is 5.76 Å². The highest BCUT2D eigenvalue weighted by atomic mass is 32.1. The number of rotatable bonds is 4. The number of thiophene rings is 1. The average Bonchev–Trinajstić information content (AvgIpc) is 2.93. The number of aromatic nitrogens is 1. The second-order valence-corrected chi connectivity index (χ2v) is 5.67. The maximum atomic E-state index is 12.5. The van der Waals surface area contributed by atoms with Gasteiger partial charge in [-0.15, -0.1) is 11.3 Å². The van der Waals surface area contributed by atoms with E-state index in [9.17, 15) is 4.79 Å². The topological polar surface area (TPSA) is 46.3 Å². The fourth-order valence-electron chi connectivity index (χ4n) is 2.19. The quantitative estimate of drug-likeness (QED) is 0.860. The lowest BCUT2D eigenvalue weighted by Gasteiger charge is -2.18. The maximum absolute atomic E-state index is 12.5. The van der Waals surface area contributed by atoms with Crippen LogP contribution in [0.5, 0.6) is 0 Å². The van der Waals surface area contributed by atoms with Gasteiger partial charge in [0.15, 0.2) is 5.69 Å². The van der Waals surface area contributed by atoms with Crippen molar-refractivity contribution in [3.05, 3.63) is 29.0 Å². The highest BCUT2D eigenvalue weighted by Crippen LogP contribution is 2.30. The molecule has 0 saturated heterocycles. The number of amides is 1. The Morgan fingerprint density at radius 1 is 1.58 bits per heavy atom. The third kappa shape index (κ3) is 2.30. The first-order chi connectivity index (χ1) is 9.20. The van der Waals surface area contributed by atoms with Crippen molar-refractivity contribution in [2.45, 2.75) is 32.7 Å². The Morgan fingerprint density at radius 2 is 2.37 bits per heavy atom. The summed E-state index contributed by atoms with van der Waals surface area (Å²) >= 11 is 1.56. The summed E-state index contributed by atoms with van der Waals surface area (Å²) in [5.41, 5.74) is 0.456. The molecule has 19 heavy (non-hydrogen) atoms. The Bertz CT molecular complexity index is 585. The van der Waals surface area contributed by atoms with Gasteiger partial charge in [-0.1, -0.05) is 6.07 Å². The van der Waals surface area contributed by atoms with E-state index in [-0.39, 0.29) is 5.91 Å². The first kappa shape index (κ1) is 12.4. The third-order valence-corrected chi connectivity index (χ3v) is 4.18. The van der Waals surface area contributed by atoms with E-state index in [1.165, 1.54) is 0 Å². The third-order valence-electron chi connectivity index (χ3n) is 3.32. The molecule has 1 saturated carbocycles. The van der Waals surface area contributed by atoms with E-state index in [2.05, 4.69) is 4.98 Å². The lowest BCUT2D eigenvalue weighted by atomic mass is 10.3. The standard InChI is InChI=1S/C14H16N2O2S/c1-3-16(10-6-7-10)14(17)12-9(2)18-13(15-12)11-5-4-8-19-11/h4-5,8,10H,3,6-7H2,1-2H3. The molecule has 0 aliphatic heterocycles. The summed E-state index contributed by atoms with van der Waals surface area (Å²) in [4.78, 5) is 19.7. The molecule has 100 valence electrons. The summed E-state index contributed by atoms with van der Waals surface area (Å²) in [7, 11) is 0. The predicted octanol–water partition coefficient (Wildman–Crippen LogP) is 3.34. The minimum absolute atomic E-state index is 0.00550. The summed E-state index contributed by atoms with van der Waals surface area (Å²) in [6, 6.07) is 4.30. The molecule has 1 amide bonds. The van der Waals surface area contributed by atoms with Crippen molar-refractivity contribution in [1.82, 2.24) is 9.88 Å². The van der Waals surface area contributed by atoms with Crippen molar-refractivity contribution in [1.29, 1.82) is 0 Å². The zero-order valence-electron chi connectivity index (χ0n) is 11.0. The number of hydrogen-bond donors (Lipinski definition) is 0. The van der Waals surface area contributed by atoms with Gasteiger partial charge in [0, 0.05) is 12.6 Å². The van der Waals surface area contributed by atoms with Gasteiger partial charge in [-0.25, -0.2) is 4.98 Å². The molecule has 3 rings (SSSR count). The molecule has 0 N–H and O–H groups in total. The Kier molecular flexibility index (Phi) is 3.14. The second kappa shape index (κ2) is 4.81. The van der Waals surface area contributed by atoms with Crippen LogP contribution in [0.15, 0.2) is 21.9 Å². The van der Waals surface area contributed by atoms with Gasteiger partial charge in [-0.05, 0) is 38.1 Å². The number of nitrogens with zero attached hydrogens (tertiary/aromatic N) is 2. The molecule has 2 aromatic heterocycles. The lowest BCUT2D eigenvalue weighted by molar-refractivity contribution is 0.0745. The van der Waals surface area contributed by atoms with E-state index in [0.29, 0.717) is 23.4 Å². The summed E-state index contributed by atoms with van der Waals surface area (Å²) in [6.07, 6.45) is 2.21. The molecule has 0 atom stereocenters. The van der Waals surface area contributed by atoms with Crippen LogP contribution in [0.4, 0.5) is 0 Å². The largest absolute Gasteiger partial charge is 0.440 e. The molecule has 0 radical (unpaired) electrons. The predicted molar refractivity (Wildman–Crippen MR) is 74.3 cm³/mol. The Balaban J connectivity index is 1.90. The molecule has 0 aromatic carbocycles. The van der Waals surface area contributed by atoms with Crippen LogP contribution in [-0.4, -0.2) is 28.4 Å². The number of carbonyl (C=O) groups excluding carboxylic acids is 1. The summed E-state index contributed by atoms with van der Waals surface area (Å²) < 4.78 is 5.63. The maximum Gasteiger partial charge on any atom is 0.276 e. The van der Waals surface area contributed by atoms with Crippen LogP contribution in [-0.2, 0) is 0 Å². The molecular formula is C14H16N2O2S.